The van der Waals surface area contributed by atoms with Crippen molar-refractivity contribution < 1.29 is 26.3 Å². The van der Waals surface area contributed by atoms with Gasteiger partial charge in [-0.2, -0.15) is 25.9 Å². The molecular formula is C28H30F3N9O3S. The fourth-order valence-corrected chi connectivity index (χ4v) is 6.20. The maximum absolute atomic E-state index is 13.9. The van der Waals surface area contributed by atoms with Crippen LogP contribution in [0.5, 0.6) is 5.75 Å². The van der Waals surface area contributed by atoms with Crippen LogP contribution in [0.3, 0.4) is 0 Å². The van der Waals surface area contributed by atoms with E-state index in [0.717, 1.165) is 44.1 Å². The molecule has 12 nitrogen and oxygen atoms in total. The molecule has 0 aliphatic heterocycles. The molecule has 5 aromatic rings. The maximum Gasteiger partial charge on any atom is 0.453 e. The van der Waals surface area contributed by atoms with Crippen molar-refractivity contribution >= 4 is 16.0 Å². The lowest BCUT2D eigenvalue weighted by Crippen LogP contribution is -2.27. The van der Waals surface area contributed by atoms with Crippen LogP contribution in [-0.4, -0.2) is 72.0 Å². The van der Waals surface area contributed by atoms with Crippen molar-refractivity contribution in [3.63, 3.8) is 0 Å². The van der Waals surface area contributed by atoms with Crippen molar-refractivity contribution in [1.29, 1.82) is 0 Å². The Morgan fingerprint density at radius 2 is 1.75 bits per heavy atom. The molecule has 232 valence electrons. The van der Waals surface area contributed by atoms with Crippen molar-refractivity contribution in [1.82, 2.24) is 42.4 Å². The molecule has 4 aromatic heterocycles. The van der Waals surface area contributed by atoms with E-state index in [1.165, 1.54) is 40.2 Å². The molecule has 0 saturated heterocycles. The zero-order valence-corrected chi connectivity index (χ0v) is 25.0. The highest BCUT2D eigenvalue weighted by Crippen LogP contribution is 2.35. The first-order valence-electron chi connectivity index (χ1n) is 13.9. The lowest BCUT2D eigenvalue weighted by Gasteiger charge is -2.11. The second-order valence-electron chi connectivity index (χ2n) is 10.9. The van der Waals surface area contributed by atoms with Gasteiger partial charge in [0.25, 0.3) is 5.82 Å². The number of halogens is 3. The van der Waals surface area contributed by atoms with E-state index in [4.69, 9.17) is 4.74 Å². The lowest BCUT2D eigenvalue weighted by molar-refractivity contribution is -0.144. The molecule has 0 radical (unpaired) electrons. The van der Waals surface area contributed by atoms with Crippen LogP contribution in [0.1, 0.15) is 42.6 Å². The Kier molecular flexibility index (Phi) is 7.65. The average molecular weight is 630 g/mol. The molecule has 0 spiro atoms. The third kappa shape index (κ3) is 5.66. The highest BCUT2D eigenvalue weighted by molar-refractivity contribution is 7.87. The van der Waals surface area contributed by atoms with Gasteiger partial charge in [-0.25, -0.2) is 28.6 Å². The fourth-order valence-electron chi connectivity index (χ4n) is 5.42. The molecule has 0 N–H and O–H groups in total. The van der Waals surface area contributed by atoms with Gasteiger partial charge in [0.15, 0.2) is 5.82 Å². The van der Waals surface area contributed by atoms with Gasteiger partial charge >= 0.3 is 16.4 Å². The van der Waals surface area contributed by atoms with Gasteiger partial charge in [-0.3, -0.25) is 4.40 Å². The van der Waals surface area contributed by atoms with E-state index in [9.17, 15) is 21.6 Å². The van der Waals surface area contributed by atoms with Gasteiger partial charge < -0.3 is 4.74 Å². The molecule has 1 saturated carbocycles. The van der Waals surface area contributed by atoms with Gasteiger partial charge in [0, 0.05) is 26.5 Å². The third-order valence-electron chi connectivity index (χ3n) is 7.69. The molecular weight excluding hydrogens is 599 g/mol. The minimum absolute atomic E-state index is 0.0273. The van der Waals surface area contributed by atoms with E-state index < -0.39 is 22.2 Å². The SMILES string of the molecule is COc1ccc(Cn2nc(C(F)(F)F)nc2-c2nc3ncc(CC4CCCC4)cn3c2-c2cn(S(=O)(=O)N(C)C)cn2)cc1. The van der Waals surface area contributed by atoms with Crippen molar-refractivity contribution in [2.45, 2.75) is 44.8 Å². The predicted octanol–water partition coefficient (Wildman–Crippen LogP) is 4.31. The first-order valence-corrected chi connectivity index (χ1v) is 15.3. The summed E-state index contributed by atoms with van der Waals surface area (Å²) >= 11 is 0. The van der Waals surface area contributed by atoms with Crippen molar-refractivity contribution in [2.75, 3.05) is 21.2 Å². The first kappa shape index (κ1) is 29.7. The number of hydrogen-bond acceptors (Lipinski definition) is 8. The zero-order chi connectivity index (χ0) is 31.2. The second kappa shape index (κ2) is 11.3. The Labute approximate surface area is 251 Å². The standard InChI is InChI=1S/C28H30F3N9O3S/c1-37(2)44(41,42)38-16-22(33-17-38)24-23(34-27-32-13-20(14-39(24)27)12-18-6-4-5-7-18)25-35-26(28(29,30)31)36-40(25)15-19-8-10-21(43-3)11-9-19/h8-11,13-14,16-18H,4-7,12,15H2,1-3H3. The number of alkyl halides is 3. The monoisotopic (exact) mass is 629 g/mol. The van der Waals surface area contributed by atoms with Crippen molar-refractivity contribution in [2.24, 2.45) is 5.92 Å². The number of methoxy groups -OCH3 is 1. The number of imidazole rings is 2. The van der Waals surface area contributed by atoms with Crippen LogP contribution in [0, 0.1) is 5.92 Å². The van der Waals surface area contributed by atoms with Crippen LogP contribution in [0.25, 0.3) is 28.7 Å². The topological polar surface area (TPSA) is 125 Å². The van der Waals surface area contributed by atoms with Gasteiger partial charge in [0.05, 0.1) is 19.9 Å². The van der Waals surface area contributed by atoms with Crippen LogP contribution < -0.4 is 4.74 Å². The number of ether oxygens (including phenoxy) is 1. The Morgan fingerprint density at radius 3 is 2.41 bits per heavy atom. The third-order valence-corrected chi connectivity index (χ3v) is 9.35. The largest absolute Gasteiger partial charge is 0.497 e. The molecule has 1 aliphatic rings. The minimum Gasteiger partial charge on any atom is -0.497 e. The number of nitrogens with zero attached hydrogens (tertiary/aromatic N) is 9. The zero-order valence-electron chi connectivity index (χ0n) is 24.2. The van der Waals surface area contributed by atoms with Crippen molar-refractivity contribution in [3.8, 4) is 28.7 Å². The normalized spacial score (nSPS) is 14.7. The first-order chi connectivity index (χ1) is 20.9. The minimum atomic E-state index is -4.83. The van der Waals surface area contributed by atoms with Crippen LogP contribution in [-0.2, 0) is 29.4 Å². The van der Waals surface area contributed by atoms with E-state index in [1.807, 2.05) is 6.20 Å². The molecule has 0 atom stereocenters. The van der Waals surface area contributed by atoms with Gasteiger partial charge in [0.1, 0.15) is 29.2 Å². The van der Waals surface area contributed by atoms with E-state index in [2.05, 4.69) is 25.0 Å². The molecule has 1 aliphatic carbocycles. The summed E-state index contributed by atoms with van der Waals surface area (Å²) < 4.78 is 77.4. The van der Waals surface area contributed by atoms with Crippen LogP contribution >= 0.6 is 0 Å². The number of aromatic nitrogens is 8. The molecule has 0 unspecified atom stereocenters. The highest BCUT2D eigenvalue weighted by atomic mass is 32.2. The van der Waals surface area contributed by atoms with E-state index in [0.29, 0.717) is 17.2 Å². The summed E-state index contributed by atoms with van der Waals surface area (Å²) in [6.07, 6.45) is 6.50. The Morgan fingerprint density at radius 1 is 1.02 bits per heavy atom. The molecule has 6 rings (SSSR count). The number of hydrogen-bond donors (Lipinski definition) is 0. The molecule has 1 fully saturated rings. The maximum atomic E-state index is 13.9. The smallest absolute Gasteiger partial charge is 0.453 e. The number of benzene rings is 1. The number of fused-ring (bicyclic) bond motifs is 1. The molecule has 0 amide bonds. The molecule has 1 aromatic carbocycles. The average Bonchev–Trinajstić information content (AvgIpc) is 3.79. The summed E-state index contributed by atoms with van der Waals surface area (Å²) in [6, 6.07) is 6.82. The molecule has 44 heavy (non-hydrogen) atoms. The second-order valence-corrected chi connectivity index (χ2v) is 13.0. The summed E-state index contributed by atoms with van der Waals surface area (Å²) in [5.41, 5.74) is 2.00. The van der Waals surface area contributed by atoms with E-state index >= 15 is 0 Å². The Balaban J connectivity index is 1.54. The predicted molar refractivity (Wildman–Crippen MR) is 154 cm³/mol. The molecule has 16 heteroatoms. The summed E-state index contributed by atoms with van der Waals surface area (Å²) in [7, 11) is 0.362. The number of rotatable bonds is 9. The summed E-state index contributed by atoms with van der Waals surface area (Å²) in [5.74, 6) is -0.209. The summed E-state index contributed by atoms with van der Waals surface area (Å²) in [4.78, 5) is 17.4. The van der Waals surface area contributed by atoms with Gasteiger partial charge in [-0.05, 0) is 35.6 Å². The Hall–Kier alpha value is -4.31. The molecule has 4 heterocycles. The summed E-state index contributed by atoms with van der Waals surface area (Å²) in [5, 5.41) is 3.81. The van der Waals surface area contributed by atoms with Crippen molar-refractivity contribution in [3.05, 3.63) is 66.1 Å². The van der Waals surface area contributed by atoms with Crippen LogP contribution in [0.2, 0.25) is 0 Å². The molecule has 0 bridgehead atoms. The van der Waals surface area contributed by atoms with Crippen LogP contribution in [0.4, 0.5) is 13.2 Å². The quantitative estimate of drug-likeness (QED) is 0.236. The van der Waals surface area contributed by atoms with Crippen LogP contribution in [0.15, 0.2) is 49.2 Å². The summed E-state index contributed by atoms with van der Waals surface area (Å²) in [6.45, 7) is -0.0560. The lowest BCUT2D eigenvalue weighted by atomic mass is 10.0. The van der Waals surface area contributed by atoms with E-state index in [1.54, 1.807) is 34.9 Å². The highest BCUT2D eigenvalue weighted by Gasteiger charge is 2.38. The van der Waals surface area contributed by atoms with Gasteiger partial charge in [-0.15, -0.1) is 5.10 Å². The Bertz CT molecular complexity index is 1910. The fraction of sp³-hybridized carbons (Fsp3) is 0.393. The van der Waals surface area contributed by atoms with Gasteiger partial charge in [-0.1, -0.05) is 37.8 Å². The van der Waals surface area contributed by atoms with Gasteiger partial charge in [0.2, 0.25) is 5.78 Å². The van der Waals surface area contributed by atoms with E-state index in [-0.39, 0.29) is 35.2 Å².